The molecule has 3 rings (SSSR count). The molecule has 1 aliphatic rings. The monoisotopic (exact) mass is 488 g/mol. The first-order valence-corrected chi connectivity index (χ1v) is 12.2. The van der Waals surface area contributed by atoms with Crippen LogP contribution in [-0.4, -0.2) is 49.2 Å². The summed E-state index contributed by atoms with van der Waals surface area (Å²) in [5, 5.41) is 0. The fraction of sp³-hybridized carbons (Fsp3) is 0.375. The molecular formula is C24H28N2O7S. The fourth-order valence-corrected chi connectivity index (χ4v) is 5.82. The van der Waals surface area contributed by atoms with Gasteiger partial charge in [0.15, 0.2) is 0 Å². The van der Waals surface area contributed by atoms with Gasteiger partial charge in [-0.1, -0.05) is 6.92 Å². The van der Waals surface area contributed by atoms with Crippen molar-refractivity contribution in [2.75, 3.05) is 12.0 Å². The number of sulfonamides is 1. The second-order valence-corrected chi connectivity index (χ2v) is 10.3. The van der Waals surface area contributed by atoms with Crippen molar-refractivity contribution in [3.05, 3.63) is 48.5 Å². The van der Waals surface area contributed by atoms with Crippen LogP contribution < -0.4 is 14.4 Å². The zero-order chi connectivity index (χ0) is 25.3. The summed E-state index contributed by atoms with van der Waals surface area (Å²) in [5.41, 5.74) is -0.682. The lowest BCUT2D eigenvalue weighted by Crippen LogP contribution is -2.55. The zero-order valence-electron chi connectivity index (χ0n) is 19.8. The van der Waals surface area contributed by atoms with Crippen LogP contribution in [0.3, 0.4) is 0 Å². The van der Waals surface area contributed by atoms with E-state index in [0.29, 0.717) is 12.2 Å². The lowest BCUT2D eigenvalue weighted by Gasteiger charge is -2.39. The van der Waals surface area contributed by atoms with Crippen molar-refractivity contribution >= 4 is 33.5 Å². The van der Waals surface area contributed by atoms with Gasteiger partial charge in [-0.2, -0.15) is 4.31 Å². The number of anilines is 1. The maximum atomic E-state index is 13.7. The quantitative estimate of drug-likeness (QED) is 0.319. The summed E-state index contributed by atoms with van der Waals surface area (Å²) in [4.78, 5) is 38.5. The van der Waals surface area contributed by atoms with Crippen molar-refractivity contribution in [2.45, 2.75) is 57.0 Å². The van der Waals surface area contributed by atoms with Gasteiger partial charge in [-0.25, -0.2) is 13.3 Å². The molecule has 1 atom stereocenters. The molecule has 2 aromatic rings. The number of benzene rings is 2. The average Bonchev–Trinajstić information content (AvgIpc) is 3.07. The van der Waals surface area contributed by atoms with Gasteiger partial charge < -0.3 is 9.47 Å². The predicted octanol–water partition coefficient (Wildman–Crippen LogP) is 3.13. The number of imide groups is 1. The van der Waals surface area contributed by atoms with Crippen molar-refractivity contribution < 1.29 is 32.3 Å². The number of rotatable bonds is 8. The molecule has 0 aliphatic carbocycles. The molecule has 10 heteroatoms. The second kappa shape index (κ2) is 9.55. The van der Waals surface area contributed by atoms with Crippen LogP contribution in [-0.2, 0) is 24.4 Å². The highest BCUT2D eigenvalue weighted by molar-refractivity contribution is 7.89. The maximum absolute atomic E-state index is 13.7. The van der Waals surface area contributed by atoms with Crippen molar-refractivity contribution in [1.29, 1.82) is 0 Å². The molecule has 0 aromatic heterocycles. The Bertz CT molecular complexity index is 1190. The molecule has 9 nitrogen and oxygen atoms in total. The van der Waals surface area contributed by atoms with E-state index in [1.165, 1.54) is 62.6 Å². The van der Waals surface area contributed by atoms with Crippen molar-refractivity contribution in [3.8, 4) is 11.5 Å². The topological polar surface area (TPSA) is 110 Å². The molecular weight excluding hydrogens is 460 g/mol. The molecule has 0 bridgehead atoms. The highest BCUT2D eigenvalue weighted by atomic mass is 32.2. The predicted molar refractivity (Wildman–Crippen MR) is 125 cm³/mol. The van der Waals surface area contributed by atoms with E-state index in [-0.39, 0.29) is 22.8 Å². The summed E-state index contributed by atoms with van der Waals surface area (Å²) < 4.78 is 38.7. The summed E-state index contributed by atoms with van der Waals surface area (Å²) >= 11 is 0. The first kappa shape index (κ1) is 25.4. The van der Waals surface area contributed by atoms with E-state index in [1.54, 1.807) is 13.8 Å². The van der Waals surface area contributed by atoms with E-state index in [0.717, 1.165) is 9.21 Å². The lowest BCUT2D eigenvalue weighted by molar-refractivity contribution is -0.132. The minimum atomic E-state index is -4.14. The molecule has 2 aromatic carbocycles. The lowest BCUT2D eigenvalue weighted by atomic mass is 10.00. The summed E-state index contributed by atoms with van der Waals surface area (Å²) in [6.45, 7) is 6.54. The first-order valence-electron chi connectivity index (χ1n) is 10.8. The highest BCUT2D eigenvalue weighted by Gasteiger charge is 2.51. The summed E-state index contributed by atoms with van der Waals surface area (Å²) in [7, 11) is -2.66. The Morgan fingerprint density at radius 2 is 1.62 bits per heavy atom. The van der Waals surface area contributed by atoms with Gasteiger partial charge in [0.1, 0.15) is 17.5 Å². The number of esters is 1. The molecule has 1 unspecified atom stereocenters. The largest absolute Gasteiger partial charge is 0.497 e. The van der Waals surface area contributed by atoms with E-state index >= 15 is 0 Å². The summed E-state index contributed by atoms with van der Waals surface area (Å²) in [5.74, 6) is -0.887. The molecule has 182 valence electrons. The minimum Gasteiger partial charge on any atom is -0.497 e. The van der Waals surface area contributed by atoms with Gasteiger partial charge in [-0.3, -0.25) is 14.4 Å². The first-order chi connectivity index (χ1) is 15.9. The number of ether oxygens (including phenoxy) is 2. The van der Waals surface area contributed by atoms with Crippen LogP contribution in [0.1, 0.15) is 40.5 Å². The second-order valence-electron chi connectivity index (χ2n) is 8.52. The third-order valence-electron chi connectivity index (χ3n) is 5.84. The van der Waals surface area contributed by atoms with E-state index in [2.05, 4.69) is 0 Å². The molecule has 2 amide bonds. The standard InChI is InChI=1S/C24H28N2O7S/c1-6-24(3,4)26(34(30,31)20-13-11-18(32-5)12-14-20)21-15-22(28)25(23(21)29)17-7-9-19(10-8-17)33-16(2)27/h7-14,21H,6,15H2,1-5H3. The van der Waals surface area contributed by atoms with Crippen molar-refractivity contribution in [3.63, 3.8) is 0 Å². The van der Waals surface area contributed by atoms with Crippen LogP contribution in [0.4, 0.5) is 5.69 Å². The third kappa shape index (κ3) is 4.83. The van der Waals surface area contributed by atoms with E-state index in [4.69, 9.17) is 9.47 Å². The van der Waals surface area contributed by atoms with E-state index < -0.39 is 39.4 Å². The van der Waals surface area contributed by atoms with Crippen LogP contribution in [0.2, 0.25) is 0 Å². The molecule has 1 fully saturated rings. The normalized spacial score (nSPS) is 16.8. The molecule has 0 radical (unpaired) electrons. The Morgan fingerprint density at radius 3 is 2.12 bits per heavy atom. The molecule has 1 heterocycles. The van der Waals surface area contributed by atoms with Gasteiger partial charge >= 0.3 is 5.97 Å². The van der Waals surface area contributed by atoms with Crippen molar-refractivity contribution in [1.82, 2.24) is 4.31 Å². The van der Waals surface area contributed by atoms with Gasteiger partial charge in [0, 0.05) is 12.5 Å². The molecule has 1 aliphatic heterocycles. The van der Waals surface area contributed by atoms with Gasteiger partial charge in [0.05, 0.1) is 24.1 Å². The Kier molecular flexibility index (Phi) is 7.13. The van der Waals surface area contributed by atoms with Crippen LogP contribution in [0, 0.1) is 0 Å². The zero-order valence-corrected chi connectivity index (χ0v) is 20.6. The van der Waals surface area contributed by atoms with E-state index in [9.17, 15) is 22.8 Å². The number of hydrogen-bond acceptors (Lipinski definition) is 7. The Balaban J connectivity index is 2.00. The van der Waals surface area contributed by atoms with Gasteiger partial charge in [0.2, 0.25) is 15.9 Å². The van der Waals surface area contributed by atoms with Crippen LogP contribution in [0.25, 0.3) is 0 Å². The molecule has 1 saturated heterocycles. The SMILES string of the molecule is CCC(C)(C)N(C1CC(=O)N(c2ccc(OC(C)=O)cc2)C1=O)S(=O)(=O)c1ccc(OC)cc1. The number of amides is 2. The maximum Gasteiger partial charge on any atom is 0.308 e. The smallest absolute Gasteiger partial charge is 0.308 e. The number of carbonyl (C=O) groups is 3. The number of nitrogens with zero attached hydrogens (tertiary/aromatic N) is 2. The minimum absolute atomic E-state index is 0.000687. The van der Waals surface area contributed by atoms with Crippen molar-refractivity contribution in [2.24, 2.45) is 0 Å². The van der Waals surface area contributed by atoms with Gasteiger partial charge in [-0.05, 0) is 68.8 Å². The van der Waals surface area contributed by atoms with Gasteiger partial charge in [-0.15, -0.1) is 0 Å². The van der Waals surface area contributed by atoms with Crippen LogP contribution in [0.15, 0.2) is 53.4 Å². The number of carbonyl (C=O) groups excluding carboxylic acids is 3. The number of hydrogen-bond donors (Lipinski definition) is 0. The number of methoxy groups -OCH3 is 1. The summed E-state index contributed by atoms with van der Waals surface area (Å²) in [6.07, 6.45) is 0.126. The highest BCUT2D eigenvalue weighted by Crippen LogP contribution is 2.36. The van der Waals surface area contributed by atoms with E-state index in [1.807, 2.05) is 6.92 Å². The summed E-state index contributed by atoms with van der Waals surface area (Å²) in [6, 6.07) is 10.6. The Labute approximate surface area is 199 Å². The molecule has 34 heavy (non-hydrogen) atoms. The average molecular weight is 489 g/mol. The fourth-order valence-electron chi connectivity index (χ4n) is 3.83. The Hall–Kier alpha value is -3.24. The third-order valence-corrected chi connectivity index (χ3v) is 7.97. The van der Waals surface area contributed by atoms with Gasteiger partial charge in [0.25, 0.3) is 5.91 Å². The van der Waals surface area contributed by atoms with Crippen LogP contribution in [0.5, 0.6) is 11.5 Å². The molecule has 0 saturated carbocycles. The molecule has 0 spiro atoms. The van der Waals surface area contributed by atoms with Crippen LogP contribution >= 0.6 is 0 Å². The molecule has 0 N–H and O–H groups in total. The Morgan fingerprint density at radius 1 is 1.06 bits per heavy atom.